The summed E-state index contributed by atoms with van der Waals surface area (Å²) in [4.78, 5) is 13.9. The number of aliphatic hydroxyl groups is 2. The number of rotatable bonds is 8. The van der Waals surface area contributed by atoms with Crippen molar-refractivity contribution in [3.8, 4) is 0 Å². The molecule has 0 radical (unpaired) electrons. The maximum Gasteiger partial charge on any atom is 0.223 e. The number of nitrogens with zero attached hydrogens (tertiary/aromatic N) is 3. The van der Waals surface area contributed by atoms with Gasteiger partial charge in [-0.05, 0) is 76.2 Å². The zero-order valence-electron chi connectivity index (χ0n) is 19.9. The molecule has 2 aliphatic carbocycles. The van der Waals surface area contributed by atoms with E-state index in [2.05, 4.69) is 35.7 Å². The standard InChI is InChI=1S/C25H40N4O3/c1-5-6-16(2)28-25-27-15-22(24(26-4)32-21-13-11-20(31)12-14-21)23(29-25)17(3)18-7-9-19(30)10-8-18/h15-16,18-21,30-31H,3,5-14H2,1-2,4H3,(H,27,28,29). The van der Waals surface area contributed by atoms with E-state index in [4.69, 9.17) is 9.72 Å². The number of aliphatic imine (C=N–C) groups is 1. The number of hydrogen-bond acceptors (Lipinski definition) is 7. The van der Waals surface area contributed by atoms with Crippen LogP contribution in [0.2, 0.25) is 0 Å². The monoisotopic (exact) mass is 444 g/mol. The van der Waals surface area contributed by atoms with Crippen molar-refractivity contribution in [3.63, 3.8) is 0 Å². The van der Waals surface area contributed by atoms with E-state index < -0.39 is 0 Å². The second-order valence-electron chi connectivity index (χ2n) is 9.40. The highest BCUT2D eigenvalue weighted by molar-refractivity contribution is 5.98. The summed E-state index contributed by atoms with van der Waals surface area (Å²) in [5.74, 6) is 1.40. The second kappa shape index (κ2) is 11.8. The van der Waals surface area contributed by atoms with Crippen LogP contribution >= 0.6 is 0 Å². The van der Waals surface area contributed by atoms with Crippen molar-refractivity contribution in [2.24, 2.45) is 10.9 Å². The summed E-state index contributed by atoms with van der Waals surface area (Å²) >= 11 is 0. The average molecular weight is 445 g/mol. The molecule has 0 amide bonds. The molecule has 2 saturated carbocycles. The highest BCUT2D eigenvalue weighted by atomic mass is 16.5. The summed E-state index contributed by atoms with van der Waals surface area (Å²) in [7, 11) is 1.73. The molecule has 1 atom stereocenters. The molecule has 178 valence electrons. The van der Waals surface area contributed by atoms with E-state index in [-0.39, 0.29) is 30.3 Å². The molecule has 0 saturated heterocycles. The van der Waals surface area contributed by atoms with Gasteiger partial charge in [-0.15, -0.1) is 0 Å². The molecule has 1 heterocycles. The van der Waals surface area contributed by atoms with Crippen LogP contribution in [-0.2, 0) is 4.74 Å². The first-order valence-corrected chi connectivity index (χ1v) is 12.2. The van der Waals surface area contributed by atoms with Crippen molar-refractivity contribution in [3.05, 3.63) is 24.0 Å². The molecule has 0 spiro atoms. The van der Waals surface area contributed by atoms with Crippen LogP contribution in [0.5, 0.6) is 0 Å². The van der Waals surface area contributed by atoms with Crippen LogP contribution in [0.3, 0.4) is 0 Å². The summed E-state index contributed by atoms with van der Waals surface area (Å²) in [5.41, 5.74) is 2.51. The minimum Gasteiger partial charge on any atom is -0.474 e. The van der Waals surface area contributed by atoms with Crippen LogP contribution in [0.4, 0.5) is 5.95 Å². The quantitative estimate of drug-likeness (QED) is 0.407. The van der Waals surface area contributed by atoms with Gasteiger partial charge in [-0.3, -0.25) is 4.99 Å². The summed E-state index contributed by atoms with van der Waals surface area (Å²) in [6.07, 6.45) is 10.0. The van der Waals surface area contributed by atoms with E-state index in [1.165, 1.54) is 0 Å². The van der Waals surface area contributed by atoms with E-state index in [9.17, 15) is 10.2 Å². The SMILES string of the molecule is C=C(c1nc(NC(C)CCC)ncc1C(=NC)OC1CCC(O)CC1)C1CCC(O)CC1. The lowest BCUT2D eigenvalue weighted by atomic mass is 9.81. The normalized spacial score (nSPS) is 27.6. The molecule has 0 bridgehead atoms. The predicted molar refractivity (Wildman–Crippen MR) is 129 cm³/mol. The fourth-order valence-corrected chi connectivity index (χ4v) is 4.75. The Kier molecular flexibility index (Phi) is 9.05. The lowest BCUT2D eigenvalue weighted by Crippen LogP contribution is -2.28. The Morgan fingerprint density at radius 1 is 1.16 bits per heavy atom. The molecule has 1 aromatic heterocycles. The number of hydrogen-bond donors (Lipinski definition) is 3. The van der Waals surface area contributed by atoms with Gasteiger partial charge in [-0.1, -0.05) is 19.9 Å². The first-order chi connectivity index (χ1) is 15.4. The predicted octanol–water partition coefficient (Wildman–Crippen LogP) is 4.34. The van der Waals surface area contributed by atoms with E-state index in [0.717, 1.165) is 81.0 Å². The van der Waals surface area contributed by atoms with Crippen LogP contribution in [0.25, 0.3) is 5.57 Å². The van der Waals surface area contributed by atoms with E-state index >= 15 is 0 Å². The second-order valence-corrected chi connectivity index (χ2v) is 9.40. The molecule has 2 fully saturated rings. The van der Waals surface area contributed by atoms with Crippen molar-refractivity contribution in [1.29, 1.82) is 0 Å². The fraction of sp³-hybridized carbons (Fsp3) is 0.720. The van der Waals surface area contributed by atoms with Gasteiger partial charge in [0.05, 0.1) is 23.5 Å². The van der Waals surface area contributed by atoms with Crippen LogP contribution in [0.1, 0.15) is 89.3 Å². The Morgan fingerprint density at radius 3 is 2.38 bits per heavy atom. The van der Waals surface area contributed by atoms with Gasteiger partial charge >= 0.3 is 0 Å². The molecule has 7 nitrogen and oxygen atoms in total. The van der Waals surface area contributed by atoms with E-state index in [1.807, 2.05) is 0 Å². The number of nitrogens with one attached hydrogen (secondary N) is 1. The summed E-state index contributed by atoms with van der Waals surface area (Å²) in [6.45, 7) is 8.72. The van der Waals surface area contributed by atoms with Crippen molar-refractivity contribution >= 4 is 17.4 Å². The third-order valence-corrected chi connectivity index (χ3v) is 6.74. The van der Waals surface area contributed by atoms with Gasteiger partial charge in [0.25, 0.3) is 0 Å². The number of allylic oxidation sites excluding steroid dienone is 1. The molecule has 0 aliphatic heterocycles. The molecule has 32 heavy (non-hydrogen) atoms. The minimum atomic E-state index is -0.229. The number of aliphatic hydroxyl groups excluding tert-OH is 2. The Labute approximate surface area is 192 Å². The van der Waals surface area contributed by atoms with E-state index in [0.29, 0.717) is 11.8 Å². The molecule has 1 unspecified atom stereocenters. The molecule has 7 heteroatoms. The molecular formula is C25H40N4O3. The first-order valence-electron chi connectivity index (χ1n) is 12.2. The Hall–Kier alpha value is -1.99. The zero-order chi connectivity index (χ0) is 23.1. The van der Waals surface area contributed by atoms with Crippen LogP contribution in [-0.4, -0.2) is 57.5 Å². The molecular weight excluding hydrogens is 404 g/mol. The Morgan fingerprint density at radius 2 is 1.78 bits per heavy atom. The highest BCUT2D eigenvalue weighted by Crippen LogP contribution is 2.35. The first kappa shape index (κ1) is 24.6. The topological polar surface area (TPSA) is 99.9 Å². The Bertz CT molecular complexity index is 781. The Balaban J connectivity index is 1.86. The van der Waals surface area contributed by atoms with Gasteiger partial charge in [-0.2, -0.15) is 0 Å². The van der Waals surface area contributed by atoms with Crippen LogP contribution in [0, 0.1) is 5.92 Å². The van der Waals surface area contributed by atoms with Crippen LogP contribution < -0.4 is 5.32 Å². The molecule has 0 aromatic carbocycles. The number of aromatic nitrogens is 2. The van der Waals surface area contributed by atoms with Crippen molar-refractivity contribution < 1.29 is 14.9 Å². The molecule has 2 aliphatic rings. The van der Waals surface area contributed by atoms with Gasteiger partial charge in [0.2, 0.25) is 11.8 Å². The number of anilines is 1. The van der Waals surface area contributed by atoms with E-state index in [1.54, 1.807) is 13.2 Å². The van der Waals surface area contributed by atoms with Gasteiger partial charge in [0.1, 0.15) is 6.10 Å². The van der Waals surface area contributed by atoms with Gasteiger partial charge in [0, 0.05) is 19.3 Å². The lowest BCUT2D eigenvalue weighted by Gasteiger charge is -2.29. The van der Waals surface area contributed by atoms with Crippen LogP contribution in [0.15, 0.2) is 17.8 Å². The third-order valence-electron chi connectivity index (χ3n) is 6.74. The fourth-order valence-electron chi connectivity index (χ4n) is 4.75. The van der Waals surface area contributed by atoms with Gasteiger partial charge in [-0.25, -0.2) is 9.97 Å². The van der Waals surface area contributed by atoms with Gasteiger partial charge in [0.15, 0.2) is 0 Å². The maximum absolute atomic E-state index is 9.93. The summed E-state index contributed by atoms with van der Waals surface area (Å²) in [6, 6.07) is 0.279. The minimum absolute atomic E-state index is 0.0328. The molecule has 3 rings (SSSR count). The zero-order valence-corrected chi connectivity index (χ0v) is 19.9. The summed E-state index contributed by atoms with van der Waals surface area (Å²) < 4.78 is 6.29. The van der Waals surface area contributed by atoms with Crippen molar-refractivity contribution in [2.75, 3.05) is 12.4 Å². The highest BCUT2D eigenvalue weighted by Gasteiger charge is 2.28. The number of ether oxygens (including phenoxy) is 1. The lowest BCUT2D eigenvalue weighted by molar-refractivity contribution is 0.0611. The average Bonchev–Trinajstić information content (AvgIpc) is 2.79. The maximum atomic E-state index is 9.93. The van der Waals surface area contributed by atoms with Crippen molar-refractivity contribution in [2.45, 2.75) is 102 Å². The van der Waals surface area contributed by atoms with Gasteiger partial charge < -0.3 is 20.3 Å². The third kappa shape index (κ3) is 6.51. The largest absolute Gasteiger partial charge is 0.474 e. The van der Waals surface area contributed by atoms with Crippen molar-refractivity contribution in [1.82, 2.24) is 9.97 Å². The smallest absolute Gasteiger partial charge is 0.223 e. The molecule has 1 aromatic rings. The molecule has 3 N–H and O–H groups in total. The summed E-state index contributed by atoms with van der Waals surface area (Å²) in [5, 5.41) is 23.2.